The zero-order valence-corrected chi connectivity index (χ0v) is 18.7. The Hall–Kier alpha value is -3.28. The molecule has 0 amide bonds. The van der Waals surface area contributed by atoms with E-state index in [4.69, 9.17) is 32.4 Å². The summed E-state index contributed by atoms with van der Waals surface area (Å²) in [6.45, 7) is 1.78. The van der Waals surface area contributed by atoms with Crippen molar-refractivity contribution < 1.29 is 18.7 Å². The fourth-order valence-electron chi connectivity index (χ4n) is 4.34. The maximum atomic E-state index is 13.4. The van der Waals surface area contributed by atoms with Crippen molar-refractivity contribution in [3.63, 3.8) is 0 Å². The molecule has 2 aliphatic rings. The third-order valence-electron chi connectivity index (χ3n) is 5.78. The van der Waals surface area contributed by atoms with E-state index in [0.717, 1.165) is 5.56 Å². The number of methoxy groups -OCH3 is 1. The Bertz CT molecular complexity index is 1370. The van der Waals surface area contributed by atoms with Crippen LogP contribution < -0.4 is 5.32 Å². The lowest BCUT2D eigenvalue weighted by Crippen LogP contribution is -2.28. The van der Waals surface area contributed by atoms with Crippen LogP contribution in [0.15, 0.2) is 75.9 Å². The van der Waals surface area contributed by atoms with Crippen molar-refractivity contribution in [2.75, 3.05) is 7.11 Å². The van der Waals surface area contributed by atoms with Crippen molar-refractivity contribution in [3.05, 3.63) is 98.4 Å². The van der Waals surface area contributed by atoms with Crippen LogP contribution in [-0.2, 0) is 9.53 Å². The maximum Gasteiger partial charge on any atom is 0.336 e. The number of carbonyl (C=O) groups is 2. The van der Waals surface area contributed by atoms with Gasteiger partial charge in [-0.3, -0.25) is 4.79 Å². The first kappa shape index (κ1) is 20.6. The molecular formula is C25H17Cl2NO4. The van der Waals surface area contributed by atoms with Crippen molar-refractivity contribution in [1.82, 2.24) is 5.32 Å². The topological polar surface area (TPSA) is 68.5 Å². The second-order valence-electron chi connectivity index (χ2n) is 7.56. The SMILES string of the molecule is COC(=O)C1=C(C)NC2=C(C(=O)c3ccccc32)[C@H]1c1ccc(-c2cccc(Cl)c2Cl)o1. The number of carbonyl (C=O) groups excluding carboxylic acids is 2. The van der Waals surface area contributed by atoms with E-state index in [2.05, 4.69) is 5.32 Å². The van der Waals surface area contributed by atoms with E-state index in [0.29, 0.717) is 55.2 Å². The predicted molar refractivity (Wildman–Crippen MR) is 122 cm³/mol. The van der Waals surface area contributed by atoms with Gasteiger partial charge in [-0.15, -0.1) is 0 Å². The van der Waals surface area contributed by atoms with Crippen LogP contribution in [0.1, 0.15) is 34.5 Å². The number of hydrogen-bond donors (Lipinski definition) is 1. The summed E-state index contributed by atoms with van der Waals surface area (Å²) in [5.74, 6) is -0.496. The molecule has 1 N–H and O–H groups in total. The molecule has 160 valence electrons. The molecule has 3 aromatic rings. The quantitative estimate of drug-likeness (QED) is 0.480. The van der Waals surface area contributed by atoms with Gasteiger partial charge < -0.3 is 14.5 Å². The van der Waals surface area contributed by atoms with Gasteiger partial charge in [-0.25, -0.2) is 4.79 Å². The highest BCUT2D eigenvalue weighted by Gasteiger charge is 2.44. The largest absolute Gasteiger partial charge is 0.466 e. The van der Waals surface area contributed by atoms with E-state index >= 15 is 0 Å². The molecule has 1 aliphatic carbocycles. The van der Waals surface area contributed by atoms with Crippen LogP contribution in [0, 0.1) is 0 Å². The van der Waals surface area contributed by atoms with Crippen molar-refractivity contribution in [3.8, 4) is 11.3 Å². The molecule has 1 aliphatic heterocycles. The Morgan fingerprint density at radius 3 is 2.47 bits per heavy atom. The molecule has 5 rings (SSSR count). The van der Waals surface area contributed by atoms with Crippen molar-refractivity contribution >= 4 is 40.7 Å². The van der Waals surface area contributed by atoms with Gasteiger partial charge in [0.25, 0.3) is 0 Å². The second-order valence-corrected chi connectivity index (χ2v) is 8.34. The number of ketones is 1. The molecule has 7 heteroatoms. The zero-order chi connectivity index (χ0) is 22.6. The first-order chi connectivity index (χ1) is 15.4. The highest BCUT2D eigenvalue weighted by Crippen LogP contribution is 2.48. The molecule has 0 saturated heterocycles. The highest BCUT2D eigenvalue weighted by atomic mass is 35.5. The number of halogens is 2. The normalized spacial score (nSPS) is 17.2. The third-order valence-corrected chi connectivity index (χ3v) is 6.60. The monoisotopic (exact) mass is 465 g/mol. The molecule has 32 heavy (non-hydrogen) atoms. The molecule has 2 aromatic carbocycles. The van der Waals surface area contributed by atoms with Crippen LogP contribution in [0.5, 0.6) is 0 Å². The number of benzene rings is 2. The minimum absolute atomic E-state index is 0.152. The number of fused-ring (bicyclic) bond motifs is 2. The molecule has 0 spiro atoms. The number of Topliss-reactive ketones (excluding diaryl/α,β-unsaturated/α-hetero) is 1. The Morgan fingerprint density at radius 1 is 1.00 bits per heavy atom. The number of dihydropyridines is 1. The molecule has 2 heterocycles. The summed E-state index contributed by atoms with van der Waals surface area (Å²) in [5.41, 5.74) is 4.06. The molecule has 0 bridgehead atoms. The van der Waals surface area contributed by atoms with Crippen LogP contribution in [0.2, 0.25) is 10.0 Å². The molecule has 0 saturated carbocycles. The van der Waals surface area contributed by atoms with Crippen molar-refractivity contribution in [1.29, 1.82) is 0 Å². The number of nitrogens with one attached hydrogen (secondary N) is 1. The van der Waals surface area contributed by atoms with Gasteiger partial charge in [-0.05, 0) is 31.2 Å². The van der Waals surface area contributed by atoms with E-state index in [1.165, 1.54) is 7.11 Å². The van der Waals surface area contributed by atoms with Gasteiger partial charge in [0.2, 0.25) is 0 Å². The van der Waals surface area contributed by atoms with Crippen molar-refractivity contribution in [2.24, 2.45) is 0 Å². The van der Waals surface area contributed by atoms with E-state index in [1.807, 2.05) is 18.2 Å². The lowest BCUT2D eigenvalue weighted by molar-refractivity contribution is -0.136. The summed E-state index contributed by atoms with van der Waals surface area (Å²) in [7, 11) is 1.31. The summed E-state index contributed by atoms with van der Waals surface area (Å²) in [4.78, 5) is 26.2. The van der Waals surface area contributed by atoms with Gasteiger partial charge in [-0.2, -0.15) is 0 Å². The molecule has 5 nitrogen and oxygen atoms in total. The Kier molecular flexibility index (Phi) is 4.96. The van der Waals surface area contributed by atoms with Crippen LogP contribution in [0.4, 0.5) is 0 Å². The van der Waals surface area contributed by atoms with Crippen LogP contribution in [0.25, 0.3) is 17.0 Å². The molecular weight excluding hydrogens is 449 g/mol. The van der Waals surface area contributed by atoms with Gasteiger partial charge >= 0.3 is 5.97 Å². The minimum atomic E-state index is -0.731. The average Bonchev–Trinajstić information content (AvgIpc) is 3.38. The summed E-state index contributed by atoms with van der Waals surface area (Å²) in [5, 5.41) is 4.01. The van der Waals surface area contributed by atoms with Crippen LogP contribution in [-0.4, -0.2) is 18.9 Å². The zero-order valence-electron chi connectivity index (χ0n) is 17.2. The number of ether oxygens (including phenoxy) is 1. The molecule has 0 unspecified atom stereocenters. The Labute approximate surface area is 194 Å². The van der Waals surface area contributed by atoms with Crippen molar-refractivity contribution in [2.45, 2.75) is 12.8 Å². The summed E-state index contributed by atoms with van der Waals surface area (Å²) in [6.07, 6.45) is 0. The van der Waals surface area contributed by atoms with Gasteiger partial charge in [-0.1, -0.05) is 53.5 Å². The highest BCUT2D eigenvalue weighted by molar-refractivity contribution is 6.43. The summed E-state index contributed by atoms with van der Waals surface area (Å²) in [6, 6.07) is 16.1. The van der Waals surface area contributed by atoms with E-state index < -0.39 is 11.9 Å². The van der Waals surface area contributed by atoms with Gasteiger partial charge in [0, 0.05) is 28.0 Å². The number of furan rings is 1. The molecule has 1 atom stereocenters. The molecule has 0 fully saturated rings. The predicted octanol–water partition coefficient (Wildman–Crippen LogP) is 5.99. The molecule has 1 aromatic heterocycles. The van der Waals surface area contributed by atoms with E-state index in [-0.39, 0.29) is 5.78 Å². The Balaban J connectivity index is 1.69. The first-order valence-electron chi connectivity index (χ1n) is 9.90. The average molecular weight is 466 g/mol. The molecule has 0 radical (unpaired) electrons. The fourth-order valence-corrected chi connectivity index (χ4v) is 4.73. The van der Waals surface area contributed by atoms with Crippen LogP contribution in [0.3, 0.4) is 0 Å². The number of allylic oxidation sites excluding steroid dienone is 2. The van der Waals surface area contributed by atoms with Gasteiger partial charge in [0.1, 0.15) is 11.5 Å². The third kappa shape index (κ3) is 3.00. The van der Waals surface area contributed by atoms with Gasteiger partial charge in [0.15, 0.2) is 5.78 Å². The van der Waals surface area contributed by atoms with E-state index in [9.17, 15) is 9.59 Å². The summed E-state index contributed by atoms with van der Waals surface area (Å²) < 4.78 is 11.2. The Morgan fingerprint density at radius 2 is 1.72 bits per heavy atom. The number of hydrogen-bond acceptors (Lipinski definition) is 5. The lowest BCUT2D eigenvalue weighted by atomic mass is 9.83. The lowest BCUT2D eigenvalue weighted by Gasteiger charge is -2.27. The first-order valence-corrected chi connectivity index (χ1v) is 10.7. The standard InChI is InChI=1S/C25H17Cl2NO4/c1-12-19(25(30)31-2)20(21-23(28-12)13-6-3-4-7-14(13)24(21)29)18-11-10-17(32-18)15-8-5-9-16(26)22(15)27/h3-11,20,28H,1-2H3/t20-/m0/s1. The smallest absolute Gasteiger partial charge is 0.336 e. The second kappa shape index (κ2) is 7.69. The maximum absolute atomic E-state index is 13.4. The number of rotatable bonds is 3. The van der Waals surface area contributed by atoms with Crippen LogP contribution >= 0.6 is 23.2 Å². The minimum Gasteiger partial charge on any atom is -0.466 e. The summed E-state index contributed by atoms with van der Waals surface area (Å²) >= 11 is 12.5. The van der Waals surface area contributed by atoms with E-state index in [1.54, 1.807) is 43.3 Å². The fraction of sp³-hybridized carbons (Fsp3) is 0.120. The number of esters is 1. The van der Waals surface area contributed by atoms with Gasteiger partial charge in [0.05, 0.1) is 34.3 Å².